The Morgan fingerprint density at radius 1 is 1.48 bits per heavy atom. The molecule has 0 spiro atoms. The van der Waals surface area contributed by atoms with E-state index in [1.807, 2.05) is 6.92 Å². The van der Waals surface area contributed by atoms with E-state index in [4.69, 9.17) is 9.88 Å². The van der Waals surface area contributed by atoms with Crippen molar-refractivity contribution in [1.82, 2.24) is 5.32 Å². The van der Waals surface area contributed by atoms with Gasteiger partial charge in [-0.05, 0) is 38.0 Å². The first-order valence-electron chi connectivity index (χ1n) is 6.29. The molecule has 0 radical (unpaired) electrons. The van der Waals surface area contributed by atoms with Gasteiger partial charge in [0.2, 0.25) is 10.0 Å². The van der Waals surface area contributed by atoms with Crippen molar-refractivity contribution in [1.29, 1.82) is 0 Å². The second kappa shape index (κ2) is 7.35. The fraction of sp³-hybridized carbons (Fsp3) is 0.462. The van der Waals surface area contributed by atoms with Gasteiger partial charge in [0.1, 0.15) is 0 Å². The number of sulfonamides is 1. The number of methoxy groups -OCH3 is 1. The van der Waals surface area contributed by atoms with Crippen LogP contribution in [0.15, 0.2) is 21.5 Å². The predicted octanol–water partition coefficient (Wildman–Crippen LogP) is 1.56. The van der Waals surface area contributed by atoms with Gasteiger partial charge in [-0.25, -0.2) is 13.6 Å². The Morgan fingerprint density at radius 2 is 2.10 bits per heavy atom. The number of carbonyl (C=O) groups is 1. The summed E-state index contributed by atoms with van der Waals surface area (Å²) in [4.78, 5) is 12.2. The summed E-state index contributed by atoms with van der Waals surface area (Å²) in [6.07, 6.45) is 0.664. The van der Waals surface area contributed by atoms with Gasteiger partial charge >= 0.3 is 0 Å². The standard InChI is InChI=1S/C13H19BrN2O4S/c1-8(4-5-20-3)16-13(17)11-6-10(14)7-12(9(11)2)21(15,18)19/h6-8H,4-5H2,1-3H3,(H,16,17)(H2,15,18,19). The van der Waals surface area contributed by atoms with E-state index in [0.29, 0.717) is 23.1 Å². The minimum absolute atomic E-state index is 0.0634. The SMILES string of the molecule is COCCC(C)NC(=O)c1cc(Br)cc(S(N)(=O)=O)c1C. The first kappa shape index (κ1) is 18.1. The molecule has 1 atom stereocenters. The van der Waals surface area contributed by atoms with E-state index in [2.05, 4.69) is 21.2 Å². The topological polar surface area (TPSA) is 98.5 Å². The number of rotatable bonds is 6. The van der Waals surface area contributed by atoms with Crippen LogP contribution in [-0.2, 0) is 14.8 Å². The van der Waals surface area contributed by atoms with Crippen LogP contribution in [0.25, 0.3) is 0 Å². The minimum atomic E-state index is -3.88. The first-order chi connectivity index (χ1) is 9.66. The maximum atomic E-state index is 12.3. The smallest absolute Gasteiger partial charge is 0.251 e. The van der Waals surface area contributed by atoms with Crippen molar-refractivity contribution >= 4 is 31.9 Å². The average molecular weight is 379 g/mol. The molecule has 1 aromatic rings. The molecular weight excluding hydrogens is 360 g/mol. The zero-order valence-electron chi connectivity index (χ0n) is 12.1. The maximum absolute atomic E-state index is 12.3. The van der Waals surface area contributed by atoms with E-state index < -0.39 is 10.0 Å². The number of hydrogen-bond acceptors (Lipinski definition) is 4. The molecule has 3 N–H and O–H groups in total. The largest absolute Gasteiger partial charge is 0.385 e. The van der Waals surface area contributed by atoms with E-state index in [1.165, 1.54) is 6.07 Å². The molecule has 0 aromatic heterocycles. The Balaban J connectivity index is 3.08. The van der Waals surface area contributed by atoms with Gasteiger partial charge in [-0.15, -0.1) is 0 Å². The summed E-state index contributed by atoms with van der Waals surface area (Å²) in [5.74, 6) is -0.345. The van der Waals surface area contributed by atoms with Crippen molar-refractivity contribution in [2.24, 2.45) is 5.14 Å². The van der Waals surface area contributed by atoms with E-state index >= 15 is 0 Å². The van der Waals surface area contributed by atoms with Gasteiger partial charge in [0.05, 0.1) is 4.90 Å². The van der Waals surface area contributed by atoms with Gasteiger partial charge in [-0.2, -0.15) is 0 Å². The number of carbonyl (C=O) groups excluding carboxylic acids is 1. The van der Waals surface area contributed by atoms with Crippen molar-refractivity contribution in [2.75, 3.05) is 13.7 Å². The Morgan fingerprint density at radius 3 is 2.62 bits per heavy atom. The molecule has 1 unspecified atom stereocenters. The van der Waals surface area contributed by atoms with E-state index in [1.54, 1.807) is 20.1 Å². The highest BCUT2D eigenvalue weighted by Gasteiger charge is 2.20. The van der Waals surface area contributed by atoms with Crippen LogP contribution in [0.3, 0.4) is 0 Å². The number of nitrogens with two attached hydrogens (primary N) is 1. The average Bonchev–Trinajstić information content (AvgIpc) is 2.37. The van der Waals surface area contributed by atoms with Crippen molar-refractivity contribution in [3.05, 3.63) is 27.7 Å². The van der Waals surface area contributed by atoms with Crippen LogP contribution in [0.2, 0.25) is 0 Å². The molecule has 1 aromatic carbocycles. The molecule has 0 aliphatic carbocycles. The lowest BCUT2D eigenvalue weighted by Gasteiger charge is -2.16. The molecule has 0 saturated heterocycles. The molecular formula is C13H19BrN2O4S. The normalized spacial score (nSPS) is 13.0. The molecule has 0 saturated carbocycles. The Hall–Kier alpha value is -0.960. The van der Waals surface area contributed by atoms with Gasteiger partial charge in [0, 0.05) is 29.8 Å². The summed E-state index contributed by atoms with van der Waals surface area (Å²) >= 11 is 3.20. The minimum Gasteiger partial charge on any atom is -0.385 e. The summed E-state index contributed by atoms with van der Waals surface area (Å²) in [7, 11) is -2.30. The molecule has 0 aliphatic heterocycles. The fourth-order valence-corrected chi connectivity index (χ4v) is 3.29. The van der Waals surface area contributed by atoms with E-state index in [-0.39, 0.29) is 22.4 Å². The molecule has 0 aliphatic rings. The molecule has 21 heavy (non-hydrogen) atoms. The molecule has 8 heteroatoms. The van der Waals surface area contributed by atoms with Crippen LogP contribution >= 0.6 is 15.9 Å². The summed E-state index contributed by atoms with van der Waals surface area (Å²) in [6, 6.07) is 2.87. The van der Waals surface area contributed by atoms with Crippen LogP contribution in [0.5, 0.6) is 0 Å². The lowest BCUT2D eigenvalue weighted by molar-refractivity contribution is 0.0928. The zero-order valence-corrected chi connectivity index (χ0v) is 14.5. The highest BCUT2D eigenvalue weighted by Crippen LogP contribution is 2.24. The monoisotopic (exact) mass is 378 g/mol. The number of primary sulfonamides is 1. The summed E-state index contributed by atoms with van der Waals surface area (Å²) in [5.41, 5.74) is 0.606. The number of halogens is 1. The van der Waals surface area contributed by atoms with Crippen molar-refractivity contribution in [3.8, 4) is 0 Å². The summed E-state index contributed by atoms with van der Waals surface area (Å²) in [6.45, 7) is 3.94. The lowest BCUT2D eigenvalue weighted by atomic mass is 10.1. The van der Waals surface area contributed by atoms with Crippen molar-refractivity contribution in [3.63, 3.8) is 0 Å². The molecule has 1 amide bonds. The lowest BCUT2D eigenvalue weighted by Crippen LogP contribution is -2.34. The number of benzene rings is 1. The van der Waals surface area contributed by atoms with E-state index in [0.717, 1.165) is 0 Å². The summed E-state index contributed by atoms with van der Waals surface area (Å²) in [5, 5.41) is 7.97. The third-order valence-electron chi connectivity index (χ3n) is 3.01. The predicted molar refractivity (Wildman–Crippen MR) is 83.7 cm³/mol. The second-order valence-electron chi connectivity index (χ2n) is 4.78. The fourth-order valence-electron chi connectivity index (χ4n) is 1.85. The van der Waals surface area contributed by atoms with Gasteiger partial charge in [0.15, 0.2) is 0 Å². The van der Waals surface area contributed by atoms with Gasteiger partial charge in [0.25, 0.3) is 5.91 Å². The number of amides is 1. The van der Waals surface area contributed by atoms with Crippen molar-refractivity contribution in [2.45, 2.75) is 31.2 Å². The Labute approximate surface area is 133 Å². The Kier molecular flexibility index (Phi) is 6.33. The quantitative estimate of drug-likeness (QED) is 0.784. The first-order valence-corrected chi connectivity index (χ1v) is 8.63. The zero-order chi connectivity index (χ0) is 16.2. The van der Waals surface area contributed by atoms with Crippen molar-refractivity contribution < 1.29 is 17.9 Å². The highest BCUT2D eigenvalue weighted by molar-refractivity contribution is 9.10. The van der Waals surface area contributed by atoms with Gasteiger partial charge in [-0.1, -0.05) is 15.9 Å². The van der Waals surface area contributed by atoms with Crippen LogP contribution < -0.4 is 10.5 Å². The summed E-state index contributed by atoms with van der Waals surface area (Å²) < 4.78 is 28.5. The number of ether oxygens (including phenoxy) is 1. The number of hydrogen-bond donors (Lipinski definition) is 2. The van der Waals surface area contributed by atoms with Gasteiger partial charge in [-0.3, -0.25) is 4.79 Å². The Bertz CT molecular complexity index is 631. The highest BCUT2D eigenvalue weighted by atomic mass is 79.9. The van der Waals surface area contributed by atoms with Crippen LogP contribution in [0.1, 0.15) is 29.3 Å². The molecule has 0 fully saturated rings. The van der Waals surface area contributed by atoms with Gasteiger partial charge < -0.3 is 10.1 Å². The van der Waals surface area contributed by atoms with Crippen LogP contribution in [0.4, 0.5) is 0 Å². The maximum Gasteiger partial charge on any atom is 0.251 e. The molecule has 118 valence electrons. The van der Waals surface area contributed by atoms with Crippen LogP contribution in [-0.4, -0.2) is 34.1 Å². The molecule has 0 heterocycles. The molecule has 1 rings (SSSR count). The molecule has 6 nitrogen and oxygen atoms in total. The molecule has 0 bridgehead atoms. The third kappa shape index (κ3) is 5.06. The second-order valence-corrected chi connectivity index (χ2v) is 7.22. The van der Waals surface area contributed by atoms with E-state index in [9.17, 15) is 13.2 Å². The number of nitrogens with one attached hydrogen (secondary N) is 1. The van der Waals surface area contributed by atoms with Crippen LogP contribution in [0, 0.1) is 6.92 Å². The third-order valence-corrected chi connectivity index (χ3v) is 4.50.